The van der Waals surface area contributed by atoms with Crippen molar-refractivity contribution in [2.24, 2.45) is 5.92 Å². The molecule has 0 aliphatic carbocycles. The van der Waals surface area contributed by atoms with Crippen LogP contribution < -0.4 is 5.32 Å². The number of anilines is 1. The van der Waals surface area contributed by atoms with Crippen LogP contribution in [0, 0.1) is 5.92 Å². The van der Waals surface area contributed by atoms with Gasteiger partial charge in [0.05, 0.1) is 10.5 Å². The number of nitrogens with zero attached hydrogens (tertiary/aromatic N) is 2. The van der Waals surface area contributed by atoms with Crippen LogP contribution in [-0.4, -0.2) is 28.1 Å². The van der Waals surface area contributed by atoms with Gasteiger partial charge in [-0.25, -0.2) is 9.97 Å². The lowest BCUT2D eigenvalue weighted by Crippen LogP contribution is -2.39. The van der Waals surface area contributed by atoms with E-state index in [9.17, 15) is 4.79 Å². The predicted molar refractivity (Wildman–Crippen MR) is 109 cm³/mol. The Kier molecular flexibility index (Phi) is 4.88. The molecule has 7 heteroatoms. The number of nitrogens with one attached hydrogen (secondary N) is 1. The monoisotopic (exact) mass is 401 g/mol. The third kappa shape index (κ3) is 4.13. The van der Waals surface area contributed by atoms with Gasteiger partial charge in [-0.3, -0.25) is 4.79 Å². The van der Waals surface area contributed by atoms with Gasteiger partial charge in [0.2, 0.25) is 5.91 Å². The summed E-state index contributed by atoms with van der Waals surface area (Å²) in [6.45, 7) is 4.66. The standard InChI is InChI=1S/C20H20ClN3O2S/c1-20(2)9-13(5-6-26-20)18(25)24-19-23-11-16(27-19)12-3-4-14-10-22-17(21)8-15(14)7-12/h3-4,7-8,10-11,13H,5-6,9H2,1-2H3,(H,23,24,25). The fourth-order valence-corrected chi connectivity index (χ4v) is 4.38. The molecule has 0 radical (unpaired) electrons. The van der Waals surface area contributed by atoms with Gasteiger partial charge < -0.3 is 10.1 Å². The molecule has 1 amide bonds. The average molecular weight is 402 g/mol. The van der Waals surface area contributed by atoms with Crippen molar-refractivity contribution in [1.82, 2.24) is 9.97 Å². The zero-order valence-electron chi connectivity index (χ0n) is 15.2. The molecule has 0 spiro atoms. The van der Waals surface area contributed by atoms with E-state index >= 15 is 0 Å². The van der Waals surface area contributed by atoms with Crippen molar-refractivity contribution in [3.8, 4) is 10.4 Å². The minimum Gasteiger partial charge on any atom is -0.376 e. The third-order valence-corrected chi connectivity index (χ3v) is 5.95. The van der Waals surface area contributed by atoms with Crippen LogP contribution in [0.4, 0.5) is 5.13 Å². The minimum atomic E-state index is -0.254. The second-order valence-corrected chi connectivity index (χ2v) is 8.80. The molecular formula is C20H20ClN3O2S. The smallest absolute Gasteiger partial charge is 0.229 e. The third-order valence-electron chi connectivity index (χ3n) is 4.78. The number of benzene rings is 1. The lowest BCUT2D eigenvalue weighted by molar-refractivity contribution is -0.130. The van der Waals surface area contributed by atoms with Crippen molar-refractivity contribution >= 4 is 44.7 Å². The lowest BCUT2D eigenvalue weighted by atomic mass is 9.88. The highest BCUT2D eigenvalue weighted by Gasteiger charge is 2.33. The van der Waals surface area contributed by atoms with Gasteiger partial charge in [-0.05, 0) is 49.8 Å². The quantitative estimate of drug-likeness (QED) is 0.616. The molecule has 1 atom stereocenters. The van der Waals surface area contributed by atoms with Crippen molar-refractivity contribution in [2.45, 2.75) is 32.3 Å². The zero-order chi connectivity index (χ0) is 19.0. The van der Waals surface area contributed by atoms with Crippen LogP contribution in [0.2, 0.25) is 5.15 Å². The van der Waals surface area contributed by atoms with E-state index in [1.165, 1.54) is 11.3 Å². The molecule has 2 aromatic heterocycles. The van der Waals surface area contributed by atoms with Crippen molar-refractivity contribution in [3.05, 3.63) is 41.8 Å². The number of thiazole rings is 1. The van der Waals surface area contributed by atoms with Gasteiger partial charge in [0.1, 0.15) is 5.15 Å². The number of carbonyl (C=O) groups excluding carboxylic acids is 1. The Balaban J connectivity index is 1.51. The molecule has 3 aromatic rings. The Bertz CT molecular complexity index is 1000. The van der Waals surface area contributed by atoms with E-state index in [1.807, 2.05) is 32.0 Å². The molecule has 1 fully saturated rings. The van der Waals surface area contributed by atoms with Crippen LogP contribution in [0.25, 0.3) is 21.2 Å². The summed E-state index contributed by atoms with van der Waals surface area (Å²) in [5.74, 6) is -0.0277. The van der Waals surface area contributed by atoms with Gasteiger partial charge in [-0.2, -0.15) is 0 Å². The zero-order valence-corrected chi connectivity index (χ0v) is 16.7. The summed E-state index contributed by atoms with van der Waals surface area (Å²) in [4.78, 5) is 22.1. The van der Waals surface area contributed by atoms with Crippen molar-refractivity contribution in [3.63, 3.8) is 0 Å². The number of hydrogen-bond acceptors (Lipinski definition) is 5. The first kappa shape index (κ1) is 18.3. The van der Waals surface area contributed by atoms with Gasteiger partial charge in [-0.15, -0.1) is 0 Å². The normalized spacial score (nSPS) is 19.1. The maximum atomic E-state index is 12.6. The van der Waals surface area contributed by atoms with Gasteiger partial charge in [-0.1, -0.05) is 35.1 Å². The summed E-state index contributed by atoms with van der Waals surface area (Å²) >= 11 is 7.46. The summed E-state index contributed by atoms with van der Waals surface area (Å²) in [6, 6.07) is 7.94. The Hall–Kier alpha value is -2.02. The Morgan fingerprint density at radius 2 is 2.11 bits per heavy atom. The van der Waals surface area contributed by atoms with Crippen LogP contribution >= 0.6 is 22.9 Å². The summed E-state index contributed by atoms with van der Waals surface area (Å²) in [5.41, 5.74) is 0.783. The number of carbonyl (C=O) groups is 1. The Morgan fingerprint density at radius 1 is 1.26 bits per heavy atom. The van der Waals surface area contributed by atoms with Crippen LogP contribution in [-0.2, 0) is 9.53 Å². The average Bonchev–Trinajstić information content (AvgIpc) is 3.08. The van der Waals surface area contributed by atoms with E-state index in [2.05, 4.69) is 21.4 Å². The largest absolute Gasteiger partial charge is 0.376 e. The number of fused-ring (bicyclic) bond motifs is 1. The molecule has 27 heavy (non-hydrogen) atoms. The SMILES string of the molecule is CC1(C)CC(C(=O)Nc2ncc(-c3ccc4cnc(Cl)cc4c3)s2)CCO1. The van der Waals surface area contributed by atoms with Crippen LogP contribution in [0.1, 0.15) is 26.7 Å². The van der Waals surface area contributed by atoms with Crippen LogP contribution in [0.3, 0.4) is 0 Å². The van der Waals surface area contributed by atoms with E-state index in [0.29, 0.717) is 16.9 Å². The van der Waals surface area contributed by atoms with E-state index in [0.717, 1.165) is 34.1 Å². The fraction of sp³-hybridized carbons (Fsp3) is 0.350. The highest BCUT2D eigenvalue weighted by Crippen LogP contribution is 2.33. The highest BCUT2D eigenvalue weighted by atomic mass is 35.5. The first-order valence-corrected chi connectivity index (χ1v) is 10.1. The van der Waals surface area contributed by atoms with Crippen molar-refractivity contribution in [1.29, 1.82) is 0 Å². The number of halogens is 1. The lowest BCUT2D eigenvalue weighted by Gasteiger charge is -2.34. The second kappa shape index (κ2) is 7.19. The number of amides is 1. The maximum absolute atomic E-state index is 12.6. The molecule has 4 rings (SSSR count). The minimum absolute atomic E-state index is 0.0173. The summed E-state index contributed by atoms with van der Waals surface area (Å²) in [5, 5.41) is 6.11. The molecule has 1 aliphatic heterocycles. The predicted octanol–water partition coefficient (Wildman–Crippen LogP) is 5.16. The number of hydrogen-bond donors (Lipinski definition) is 1. The van der Waals surface area contributed by atoms with E-state index in [4.69, 9.17) is 16.3 Å². The van der Waals surface area contributed by atoms with Crippen molar-refractivity contribution in [2.75, 3.05) is 11.9 Å². The van der Waals surface area contributed by atoms with Gasteiger partial charge in [0.25, 0.3) is 0 Å². The van der Waals surface area contributed by atoms with Gasteiger partial charge >= 0.3 is 0 Å². The van der Waals surface area contributed by atoms with E-state index in [1.54, 1.807) is 12.4 Å². The number of pyridine rings is 1. The summed E-state index contributed by atoms with van der Waals surface area (Å²) in [7, 11) is 0. The fourth-order valence-electron chi connectivity index (χ4n) is 3.40. The first-order chi connectivity index (χ1) is 12.9. The van der Waals surface area contributed by atoms with Crippen molar-refractivity contribution < 1.29 is 9.53 Å². The molecule has 1 aliphatic rings. The summed E-state index contributed by atoms with van der Waals surface area (Å²) < 4.78 is 5.69. The Labute approximate surface area is 166 Å². The van der Waals surface area contributed by atoms with Crippen LogP contribution in [0.15, 0.2) is 36.7 Å². The molecule has 3 heterocycles. The molecule has 0 saturated carbocycles. The number of rotatable bonds is 3. The maximum Gasteiger partial charge on any atom is 0.229 e. The highest BCUT2D eigenvalue weighted by molar-refractivity contribution is 7.19. The molecule has 1 N–H and O–H groups in total. The second-order valence-electron chi connectivity index (χ2n) is 7.39. The molecule has 1 aromatic carbocycles. The van der Waals surface area contributed by atoms with E-state index in [-0.39, 0.29) is 17.4 Å². The van der Waals surface area contributed by atoms with E-state index < -0.39 is 0 Å². The molecular weight excluding hydrogens is 382 g/mol. The van der Waals surface area contributed by atoms with Crippen LogP contribution in [0.5, 0.6) is 0 Å². The first-order valence-electron chi connectivity index (χ1n) is 8.86. The van der Waals surface area contributed by atoms with Gasteiger partial charge in [0.15, 0.2) is 5.13 Å². The number of aromatic nitrogens is 2. The Morgan fingerprint density at radius 3 is 2.93 bits per heavy atom. The molecule has 5 nitrogen and oxygen atoms in total. The van der Waals surface area contributed by atoms with Gasteiger partial charge in [0, 0.05) is 30.3 Å². The summed E-state index contributed by atoms with van der Waals surface area (Å²) in [6.07, 6.45) is 5.01. The molecule has 1 saturated heterocycles. The molecule has 0 bridgehead atoms. The number of ether oxygens (including phenoxy) is 1. The topological polar surface area (TPSA) is 64.1 Å². The molecule has 140 valence electrons. The molecule has 1 unspecified atom stereocenters.